The van der Waals surface area contributed by atoms with E-state index in [1.807, 2.05) is 52.8 Å². The van der Waals surface area contributed by atoms with Crippen molar-refractivity contribution in [2.45, 2.75) is 58.5 Å². The Hall–Kier alpha value is -2.53. The van der Waals surface area contributed by atoms with E-state index >= 15 is 0 Å². The van der Waals surface area contributed by atoms with Crippen LogP contribution in [0.15, 0.2) is 47.4 Å². The van der Waals surface area contributed by atoms with Crippen molar-refractivity contribution in [3.05, 3.63) is 48.0 Å². The molecule has 1 fully saturated rings. The number of carbonyl (C=O) groups excluding carboxylic acids is 1. The van der Waals surface area contributed by atoms with E-state index in [0.29, 0.717) is 43.5 Å². The third kappa shape index (κ3) is 7.16. The number of aromatic nitrogens is 1. The molecule has 212 valence electrons. The van der Waals surface area contributed by atoms with Gasteiger partial charge in [0.15, 0.2) is 5.13 Å². The minimum absolute atomic E-state index is 0.0692. The lowest BCUT2D eigenvalue weighted by molar-refractivity contribution is 0.0917. The zero-order chi connectivity index (χ0) is 28.2. The third-order valence-electron chi connectivity index (χ3n) is 6.42. The van der Waals surface area contributed by atoms with Crippen LogP contribution >= 0.6 is 11.3 Å². The number of sulfonamides is 1. The first-order valence-electron chi connectivity index (χ1n) is 13.7. The van der Waals surface area contributed by atoms with Crippen LogP contribution in [0.25, 0.3) is 10.2 Å². The summed E-state index contributed by atoms with van der Waals surface area (Å²) in [6, 6.07) is 12.0. The van der Waals surface area contributed by atoms with Crippen molar-refractivity contribution < 1.29 is 22.7 Å². The lowest BCUT2D eigenvalue weighted by Crippen LogP contribution is -2.38. The maximum absolute atomic E-state index is 13.8. The van der Waals surface area contributed by atoms with Crippen LogP contribution in [-0.2, 0) is 14.8 Å². The molecule has 1 amide bonds. The van der Waals surface area contributed by atoms with E-state index in [2.05, 4.69) is 0 Å². The summed E-state index contributed by atoms with van der Waals surface area (Å²) >= 11 is 1.43. The highest BCUT2D eigenvalue weighted by Gasteiger charge is 2.29. The van der Waals surface area contributed by atoms with Crippen molar-refractivity contribution in [1.82, 2.24) is 9.29 Å². The number of amides is 1. The smallest absolute Gasteiger partial charge is 0.260 e. The van der Waals surface area contributed by atoms with Gasteiger partial charge in [-0.3, -0.25) is 9.69 Å². The average Bonchev–Trinajstić information content (AvgIpc) is 3.56. The van der Waals surface area contributed by atoms with Gasteiger partial charge in [-0.1, -0.05) is 39.0 Å². The second-order valence-corrected chi connectivity index (χ2v) is 13.7. The normalized spacial score (nSPS) is 16.1. The summed E-state index contributed by atoms with van der Waals surface area (Å²) in [7, 11) is -3.68. The van der Waals surface area contributed by atoms with Crippen LogP contribution in [0.1, 0.15) is 57.8 Å². The molecule has 2 aromatic carbocycles. The predicted octanol–water partition coefficient (Wildman–Crippen LogP) is 5.82. The van der Waals surface area contributed by atoms with Gasteiger partial charge in [0.05, 0.1) is 34.4 Å². The highest BCUT2D eigenvalue weighted by Crippen LogP contribution is 2.33. The molecule has 3 aromatic rings. The molecule has 1 atom stereocenters. The lowest BCUT2D eigenvalue weighted by atomic mass is 10.2. The minimum atomic E-state index is -3.68. The van der Waals surface area contributed by atoms with E-state index in [-0.39, 0.29) is 28.7 Å². The SMILES string of the molecule is CCOc1ccc2nc(N(CC3CCCO3)C(=O)c3ccc(S(=O)(=O)N(CC(C)C)CC(C)C)cc3)sc2c1. The highest BCUT2D eigenvalue weighted by molar-refractivity contribution is 7.89. The molecule has 1 saturated heterocycles. The summed E-state index contributed by atoms with van der Waals surface area (Å²) in [5, 5.41) is 0.580. The van der Waals surface area contributed by atoms with E-state index in [4.69, 9.17) is 14.5 Å². The molecule has 1 aliphatic heterocycles. The number of fused-ring (bicyclic) bond motifs is 1. The molecule has 1 aromatic heterocycles. The summed E-state index contributed by atoms with van der Waals surface area (Å²) in [5.41, 5.74) is 1.20. The number of rotatable bonds is 12. The number of nitrogens with zero attached hydrogens (tertiary/aromatic N) is 3. The molecule has 39 heavy (non-hydrogen) atoms. The molecule has 1 aliphatic rings. The van der Waals surface area contributed by atoms with Gasteiger partial charge in [0, 0.05) is 25.3 Å². The average molecular weight is 574 g/mol. The molecule has 8 nitrogen and oxygen atoms in total. The van der Waals surface area contributed by atoms with Crippen LogP contribution in [0.5, 0.6) is 5.75 Å². The van der Waals surface area contributed by atoms with Gasteiger partial charge >= 0.3 is 0 Å². The molecule has 0 spiro atoms. The van der Waals surface area contributed by atoms with Crippen molar-refractivity contribution >= 4 is 42.6 Å². The Morgan fingerprint density at radius 1 is 1.10 bits per heavy atom. The monoisotopic (exact) mass is 573 g/mol. The van der Waals surface area contributed by atoms with E-state index in [9.17, 15) is 13.2 Å². The third-order valence-corrected chi connectivity index (χ3v) is 9.31. The van der Waals surface area contributed by atoms with Gasteiger partial charge in [-0.2, -0.15) is 4.31 Å². The lowest BCUT2D eigenvalue weighted by Gasteiger charge is -2.26. The molecule has 0 saturated carbocycles. The number of hydrogen-bond acceptors (Lipinski definition) is 7. The van der Waals surface area contributed by atoms with E-state index in [1.54, 1.807) is 21.3 Å². The van der Waals surface area contributed by atoms with Gasteiger partial charge in [-0.05, 0) is 74.1 Å². The van der Waals surface area contributed by atoms with Crippen molar-refractivity contribution in [2.24, 2.45) is 11.8 Å². The Labute approximate surface area is 236 Å². The maximum Gasteiger partial charge on any atom is 0.260 e. The summed E-state index contributed by atoms with van der Waals surface area (Å²) in [4.78, 5) is 20.4. The number of carbonyl (C=O) groups is 1. The van der Waals surface area contributed by atoms with Crippen LogP contribution in [0.2, 0.25) is 0 Å². The Morgan fingerprint density at radius 2 is 1.79 bits per heavy atom. The van der Waals surface area contributed by atoms with Crippen LogP contribution in [0.3, 0.4) is 0 Å². The number of anilines is 1. The fourth-order valence-corrected chi connectivity index (χ4v) is 7.43. The first-order chi connectivity index (χ1) is 18.6. The molecule has 0 N–H and O–H groups in total. The fraction of sp³-hybridized carbons (Fsp3) is 0.517. The molecular formula is C29H39N3O5S2. The minimum Gasteiger partial charge on any atom is -0.494 e. The first-order valence-corrected chi connectivity index (χ1v) is 15.9. The predicted molar refractivity (Wildman–Crippen MR) is 156 cm³/mol. The van der Waals surface area contributed by atoms with Gasteiger partial charge in [-0.15, -0.1) is 0 Å². The number of thiazole rings is 1. The zero-order valence-electron chi connectivity index (χ0n) is 23.4. The van der Waals surface area contributed by atoms with E-state index in [1.165, 1.54) is 23.5 Å². The number of ether oxygens (including phenoxy) is 2. The van der Waals surface area contributed by atoms with Gasteiger partial charge in [0.2, 0.25) is 10.0 Å². The summed E-state index contributed by atoms with van der Waals surface area (Å²) in [6.07, 6.45) is 1.77. The van der Waals surface area contributed by atoms with Crippen molar-refractivity contribution in [2.75, 3.05) is 37.7 Å². The molecule has 0 radical (unpaired) electrons. The number of benzene rings is 2. The molecule has 2 heterocycles. The topological polar surface area (TPSA) is 89.0 Å². The summed E-state index contributed by atoms with van der Waals surface area (Å²) < 4.78 is 40.8. The van der Waals surface area contributed by atoms with Crippen LogP contribution in [-0.4, -0.2) is 62.6 Å². The molecule has 1 unspecified atom stereocenters. The molecule has 0 aliphatic carbocycles. The molecule has 0 bridgehead atoms. The highest BCUT2D eigenvalue weighted by atomic mass is 32.2. The molecule has 4 rings (SSSR count). The Morgan fingerprint density at radius 3 is 2.38 bits per heavy atom. The Balaban J connectivity index is 1.63. The van der Waals surface area contributed by atoms with Gasteiger partial charge in [-0.25, -0.2) is 13.4 Å². The standard InChI is InChI=1S/C29H39N3O5S2/c1-6-36-23-11-14-26-27(16-23)38-29(30-26)32(19-24-8-7-15-37-24)28(33)22-9-12-25(13-10-22)39(34,35)31(17-20(2)3)18-21(4)5/h9-14,16,20-21,24H,6-8,15,17-19H2,1-5H3. The van der Waals surface area contributed by atoms with Gasteiger partial charge in [0.25, 0.3) is 5.91 Å². The summed E-state index contributed by atoms with van der Waals surface area (Å²) in [6.45, 7) is 12.5. The second-order valence-electron chi connectivity index (χ2n) is 10.7. The van der Waals surface area contributed by atoms with Gasteiger partial charge < -0.3 is 9.47 Å². The van der Waals surface area contributed by atoms with E-state index < -0.39 is 10.0 Å². The quantitative estimate of drug-likeness (QED) is 0.271. The van der Waals surface area contributed by atoms with Crippen molar-refractivity contribution in [3.63, 3.8) is 0 Å². The summed E-state index contributed by atoms with van der Waals surface area (Å²) in [5.74, 6) is 0.922. The van der Waals surface area contributed by atoms with Crippen molar-refractivity contribution in [3.8, 4) is 5.75 Å². The Bertz CT molecular complexity index is 1350. The van der Waals surface area contributed by atoms with E-state index in [0.717, 1.165) is 28.8 Å². The van der Waals surface area contributed by atoms with Crippen LogP contribution < -0.4 is 9.64 Å². The fourth-order valence-electron chi connectivity index (χ4n) is 4.66. The number of hydrogen-bond donors (Lipinski definition) is 0. The first kappa shape index (κ1) is 29.5. The van der Waals surface area contributed by atoms with Crippen molar-refractivity contribution in [1.29, 1.82) is 0 Å². The maximum atomic E-state index is 13.8. The molecule has 10 heteroatoms. The second kappa shape index (κ2) is 12.8. The largest absolute Gasteiger partial charge is 0.494 e. The van der Waals surface area contributed by atoms with Gasteiger partial charge in [0.1, 0.15) is 5.75 Å². The van der Waals surface area contributed by atoms with Crippen LogP contribution in [0.4, 0.5) is 5.13 Å². The Kier molecular flexibility index (Phi) is 9.64. The van der Waals surface area contributed by atoms with Crippen LogP contribution in [0, 0.1) is 11.8 Å². The molecular weight excluding hydrogens is 534 g/mol. The zero-order valence-corrected chi connectivity index (χ0v) is 25.1.